The van der Waals surface area contributed by atoms with E-state index in [9.17, 15) is 8.42 Å². The first kappa shape index (κ1) is 16.0. The van der Waals surface area contributed by atoms with Gasteiger partial charge in [0.25, 0.3) is 0 Å². The Morgan fingerprint density at radius 3 is 2.65 bits per heavy atom. The van der Waals surface area contributed by atoms with Gasteiger partial charge in [-0.15, -0.1) is 22.9 Å². The Hall–Kier alpha value is -0.400. The van der Waals surface area contributed by atoms with E-state index in [2.05, 4.69) is 15.9 Å². The van der Waals surface area contributed by atoms with E-state index in [1.54, 1.807) is 18.5 Å². The fraction of sp³-hybridized carbons (Fsp3) is 0.231. The lowest BCUT2D eigenvalue weighted by Gasteiger charge is -2.18. The Kier molecular flexibility index (Phi) is 5.25. The Balaban J connectivity index is 2.29. The van der Waals surface area contributed by atoms with Crippen LogP contribution in [0.2, 0.25) is 0 Å². The fourth-order valence-electron chi connectivity index (χ4n) is 1.78. The van der Waals surface area contributed by atoms with Crippen molar-refractivity contribution in [3.05, 3.63) is 50.6 Å². The normalized spacial score (nSPS) is 12.0. The van der Waals surface area contributed by atoms with Crippen LogP contribution >= 0.6 is 38.9 Å². The average molecular weight is 395 g/mol. The molecular formula is C13H13BrClNO2S2. The first-order chi connectivity index (χ1) is 9.46. The van der Waals surface area contributed by atoms with Crippen LogP contribution in [0.5, 0.6) is 0 Å². The number of alkyl halides is 1. The third-order valence-electron chi connectivity index (χ3n) is 2.86. The summed E-state index contributed by atoms with van der Waals surface area (Å²) in [4.78, 5) is 0.970. The number of thiophene rings is 1. The second-order valence-electron chi connectivity index (χ2n) is 4.19. The van der Waals surface area contributed by atoms with Gasteiger partial charge in [-0.2, -0.15) is 4.31 Å². The van der Waals surface area contributed by atoms with E-state index in [1.807, 2.05) is 24.3 Å². The van der Waals surface area contributed by atoms with Gasteiger partial charge in [-0.25, -0.2) is 8.42 Å². The monoisotopic (exact) mass is 393 g/mol. The molecule has 7 heteroatoms. The van der Waals surface area contributed by atoms with E-state index in [4.69, 9.17) is 11.6 Å². The van der Waals surface area contributed by atoms with E-state index < -0.39 is 10.0 Å². The minimum absolute atomic E-state index is 0.203. The minimum atomic E-state index is -3.51. The number of rotatable bonds is 5. The van der Waals surface area contributed by atoms with Crippen molar-refractivity contribution in [3.63, 3.8) is 0 Å². The summed E-state index contributed by atoms with van der Waals surface area (Å²) in [7, 11) is -1.94. The fourth-order valence-corrected chi connectivity index (χ4v) is 5.00. The lowest BCUT2D eigenvalue weighted by Crippen LogP contribution is -2.26. The molecule has 0 aliphatic rings. The van der Waals surface area contributed by atoms with Crippen molar-refractivity contribution in [1.29, 1.82) is 0 Å². The molecule has 20 heavy (non-hydrogen) atoms. The van der Waals surface area contributed by atoms with E-state index in [-0.39, 0.29) is 5.88 Å². The smallest absolute Gasteiger partial charge is 0.207 e. The third-order valence-corrected chi connectivity index (χ3v) is 7.00. The highest BCUT2D eigenvalue weighted by atomic mass is 79.9. The maximum atomic E-state index is 12.5. The number of hydrogen-bond donors (Lipinski definition) is 0. The van der Waals surface area contributed by atoms with E-state index >= 15 is 0 Å². The van der Waals surface area contributed by atoms with Crippen molar-refractivity contribution in [3.8, 4) is 0 Å². The molecule has 0 saturated heterocycles. The lowest BCUT2D eigenvalue weighted by atomic mass is 10.2. The van der Waals surface area contributed by atoms with Crippen LogP contribution in [-0.2, 0) is 22.4 Å². The zero-order valence-electron chi connectivity index (χ0n) is 10.7. The molecule has 0 N–H and O–H groups in total. The van der Waals surface area contributed by atoms with Gasteiger partial charge in [0.2, 0.25) is 10.0 Å². The van der Waals surface area contributed by atoms with Crippen molar-refractivity contribution < 1.29 is 8.42 Å². The molecule has 0 spiro atoms. The Morgan fingerprint density at radius 1 is 1.30 bits per heavy atom. The molecule has 1 aromatic heterocycles. The lowest BCUT2D eigenvalue weighted by molar-refractivity contribution is 0.466. The SMILES string of the molecule is CN(Cc1ccccc1Br)S(=O)(=O)c1ccsc1CCl. The van der Waals surface area contributed by atoms with Gasteiger partial charge in [0, 0.05) is 22.9 Å². The van der Waals surface area contributed by atoms with Gasteiger partial charge < -0.3 is 0 Å². The molecule has 108 valence electrons. The molecule has 0 fully saturated rings. The summed E-state index contributed by atoms with van der Waals surface area (Å²) in [5.74, 6) is 0.203. The molecule has 3 nitrogen and oxygen atoms in total. The highest BCUT2D eigenvalue weighted by Crippen LogP contribution is 2.27. The van der Waals surface area contributed by atoms with Crippen LogP contribution in [0.3, 0.4) is 0 Å². The second kappa shape index (κ2) is 6.58. The molecular weight excluding hydrogens is 382 g/mol. The number of nitrogens with zero attached hydrogens (tertiary/aromatic N) is 1. The van der Waals surface area contributed by atoms with Gasteiger partial charge >= 0.3 is 0 Å². The zero-order chi connectivity index (χ0) is 14.8. The molecule has 2 aromatic rings. The standard InChI is InChI=1S/C13H13BrClNO2S2/c1-16(9-10-4-2-3-5-11(10)14)20(17,18)13-6-7-19-12(13)8-15/h2-7H,8-9H2,1H3. The van der Waals surface area contributed by atoms with E-state index in [1.165, 1.54) is 15.6 Å². The third kappa shape index (κ3) is 3.26. The molecule has 0 aliphatic carbocycles. The Labute approximate surface area is 136 Å². The van der Waals surface area contributed by atoms with Crippen LogP contribution in [0.15, 0.2) is 45.1 Å². The Morgan fingerprint density at radius 2 is 2.00 bits per heavy atom. The summed E-state index contributed by atoms with van der Waals surface area (Å²) >= 11 is 10.6. The van der Waals surface area contributed by atoms with Gasteiger partial charge in [0.05, 0.1) is 10.8 Å². The highest BCUT2D eigenvalue weighted by molar-refractivity contribution is 9.10. The zero-order valence-corrected chi connectivity index (χ0v) is 14.7. The predicted molar refractivity (Wildman–Crippen MR) is 86.7 cm³/mol. The van der Waals surface area contributed by atoms with Gasteiger partial charge in [-0.3, -0.25) is 0 Å². The number of hydrogen-bond acceptors (Lipinski definition) is 3. The van der Waals surface area contributed by atoms with Crippen LogP contribution < -0.4 is 0 Å². The summed E-state index contributed by atoms with van der Waals surface area (Å²) in [6.45, 7) is 0.307. The quantitative estimate of drug-likeness (QED) is 0.717. The van der Waals surface area contributed by atoms with Gasteiger partial charge in [-0.1, -0.05) is 34.1 Å². The maximum absolute atomic E-state index is 12.5. The van der Waals surface area contributed by atoms with Gasteiger partial charge in [0.15, 0.2) is 0 Å². The van der Waals surface area contributed by atoms with Crippen molar-refractivity contribution in [1.82, 2.24) is 4.31 Å². The molecule has 0 radical (unpaired) electrons. The van der Waals surface area contributed by atoms with Crippen molar-refractivity contribution >= 4 is 48.9 Å². The predicted octanol–water partition coefficient (Wildman–Crippen LogP) is 4.07. The van der Waals surface area contributed by atoms with Crippen LogP contribution in [-0.4, -0.2) is 19.8 Å². The summed E-state index contributed by atoms with van der Waals surface area (Å²) in [5, 5.41) is 1.75. The van der Waals surface area contributed by atoms with Crippen LogP contribution in [0.1, 0.15) is 10.4 Å². The summed E-state index contributed by atoms with van der Waals surface area (Å²) < 4.78 is 27.3. The number of halogens is 2. The highest BCUT2D eigenvalue weighted by Gasteiger charge is 2.25. The van der Waals surface area contributed by atoms with Gasteiger partial charge in [-0.05, 0) is 23.1 Å². The molecule has 0 atom stereocenters. The average Bonchev–Trinajstić information content (AvgIpc) is 2.90. The summed E-state index contributed by atoms with van der Waals surface area (Å²) in [6.07, 6.45) is 0. The molecule has 0 bridgehead atoms. The largest absolute Gasteiger partial charge is 0.244 e. The first-order valence-electron chi connectivity index (χ1n) is 5.79. The first-order valence-corrected chi connectivity index (χ1v) is 9.43. The summed E-state index contributed by atoms with van der Waals surface area (Å²) in [6, 6.07) is 9.17. The van der Waals surface area contributed by atoms with Crippen LogP contribution in [0, 0.1) is 0 Å². The molecule has 1 aromatic carbocycles. The molecule has 1 heterocycles. The second-order valence-corrected chi connectivity index (χ2v) is 8.33. The van der Waals surface area contributed by atoms with Crippen molar-refractivity contribution in [2.45, 2.75) is 17.3 Å². The Bertz CT molecular complexity index is 700. The minimum Gasteiger partial charge on any atom is -0.207 e. The van der Waals surface area contributed by atoms with E-state index in [0.29, 0.717) is 16.3 Å². The van der Waals surface area contributed by atoms with Crippen LogP contribution in [0.4, 0.5) is 0 Å². The molecule has 0 amide bonds. The maximum Gasteiger partial charge on any atom is 0.244 e. The number of benzene rings is 1. The molecule has 0 unspecified atom stereocenters. The molecule has 2 rings (SSSR count). The van der Waals surface area contributed by atoms with E-state index in [0.717, 1.165) is 10.0 Å². The topological polar surface area (TPSA) is 37.4 Å². The van der Waals surface area contributed by atoms with Gasteiger partial charge in [0.1, 0.15) is 0 Å². The van der Waals surface area contributed by atoms with Crippen molar-refractivity contribution in [2.75, 3.05) is 7.05 Å². The van der Waals surface area contributed by atoms with Crippen LogP contribution in [0.25, 0.3) is 0 Å². The molecule has 0 saturated carbocycles. The molecule has 0 aliphatic heterocycles. The number of sulfonamides is 1. The summed E-state index contributed by atoms with van der Waals surface area (Å²) in [5.41, 5.74) is 0.918. The van der Waals surface area contributed by atoms with Crippen molar-refractivity contribution in [2.24, 2.45) is 0 Å².